The summed E-state index contributed by atoms with van der Waals surface area (Å²) in [6.07, 6.45) is 7.70. The molecule has 2 aromatic rings. The number of allylic oxidation sites excluding steroid dienone is 2. The van der Waals surface area contributed by atoms with Crippen LogP contribution in [0.1, 0.15) is 18.6 Å². The zero-order chi connectivity index (χ0) is 21.5. The molecule has 4 aliphatic rings. The number of hydrogen-bond acceptors (Lipinski definition) is 6. The van der Waals surface area contributed by atoms with E-state index in [-0.39, 0.29) is 46.6 Å². The predicted molar refractivity (Wildman–Crippen MR) is 110 cm³/mol. The third-order valence-corrected chi connectivity index (χ3v) is 7.51. The van der Waals surface area contributed by atoms with Gasteiger partial charge in [-0.2, -0.15) is 10.1 Å². The smallest absolute Gasteiger partial charge is 0.270 e. The van der Waals surface area contributed by atoms with Crippen molar-refractivity contribution in [2.75, 3.05) is 0 Å². The van der Waals surface area contributed by atoms with E-state index < -0.39 is 4.92 Å². The Morgan fingerprint density at radius 3 is 2.42 bits per heavy atom. The topological polar surface area (TPSA) is 106 Å². The van der Waals surface area contributed by atoms with Gasteiger partial charge in [0.15, 0.2) is 0 Å². The fraction of sp³-hybridized carbons (Fsp3) is 0.318. The number of rotatable bonds is 4. The van der Waals surface area contributed by atoms with Gasteiger partial charge in [-0.1, -0.05) is 23.8 Å². The van der Waals surface area contributed by atoms with Crippen LogP contribution in [-0.2, 0) is 9.59 Å². The highest BCUT2D eigenvalue weighted by atomic mass is 35.5. The molecule has 3 aliphatic carbocycles. The van der Waals surface area contributed by atoms with Crippen molar-refractivity contribution in [2.45, 2.75) is 12.8 Å². The number of nitro benzene ring substituents is 1. The SMILES string of the molecule is O=C1[C@@H]2[C@H](C(=O)N1N=Cc1ccc(-c3cc([N+](=O)[O-])ccc3Cl)o1)[C@H]1C=C[C@H]2C12CC2. The molecule has 1 aromatic carbocycles. The number of hydrazone groups is 1. The summed E-state index contributed by atoms with van der Waals surface area (Å²) in [5.41, 5.74) is 0.405. The van der Waals surface area contributed by atoms with Crippen LogP contribution < -0.4 is 0 Å². The molecule has 4 atom stereocenters. The van der Waals surface area contributed by atoms with E-state index in [4.69, 9.17) is 16.0 Å². The number of nitro groups is 1. The Kier molecular flexibility index (Phi) is 3.66. The van der Waals surface area contributed by atoms with Crippen molar-refractivity contribution < 1.29 is 18.9 Å². The molecule has 2 amide bonds. The van der Waals surface area contributed by atoms with Crippen LogP contribution in [0, 0.1) is 39.2 Å². The number of hydrogen-bond donors (Lipinski definition) is 0. The summed E-state index contributed by atoms with van der Waals surface area (Å²) in [5, 5.41) is 16.4. The Morgan fingerprint density at radius 2 is 1.81 bits per heavy atom. The first-order valence-corrected chi connectivity index (χ1v) is 10.4. The van der Waals surface area contributed by atoms with Gasteiger partial charge in [-0.15, -0.1) is 0 Å². The number of fused-ring (bicyclic) bond motifs is 3. The lowest BCUT2D eigenvalue weighted by Crippen LogP contribution is -2.30. The molecule has 6 rings (SSSR count). The van der Waals surface area contributed by atoms with Gasteiger partial charge in [0.25, 0.3) is 17.5 Å². The maximum Gasteiger partial charge on any atom is 0.270 e. The molecule has 2 heterocycles. The third-order valence-electron chi connectivity index (χ3n) is 7.18. The first kappa shape index (κ1) is 18.5. The van der Waals surface area contributed by atoms with Crippen LogP contribution in [0.5, 0.6) is 0 Å². The normalized spacial score (nSPS) is 29.5. The molecule has 0 radical (unpaired) electrons. The van der Waals surface area contributed by atoms with Gasteiger partial charge < -0.3 is 4.42 Å². The van der Waals surface area contributed by atoms with Gasteiger partial charge in [0.2, 0.25) is 0 Å². The lowest BCUT2D eigenvalue weighted by Gasteiger charge is -2.18. The maximum atomic E-state index is 12.9. The number of carbonyl (C=O) groups is 2. The molecule has 8 nitrogen and oxygen atoms in total. The molecule has 0 N–H and O–H groups in total. The van der Waals surface area contributed by atoms with Gasteiger partial charge in [0.1, 0.15) is 11.5 Å². The molecule has 156 valence electrons. The number of halogens is 1. The van der Waals surface area contributed by atoms with Crippen LogP contribution in [0.2, 0.25) is 5.02 Å². The highest BCUT2D eigenvalue weighted by molar-refractivity contribution is 6.33. The number of nitrogens with zero attached hydrogens (tertiary/aromatic N) is 3. The molecule has 2 saturated carbocycles. The van der Waals surface area contributed by atoms with Gasteiger partial charge >= 0.3 is 0 Å². The van der Waals surface area contributed by atoms with E-state index in [2.05, 4.69) is 17.3 Å². The van der Waals surface area contributed by atoms with E-state index in [9.17, 15) is 19.7 Å². The summed E-state index contributed by atoms with van der Waals surface area (Å²) < 4.78 is 5.69. The number of benzene rings is 1. The third kappa shape index (κ3) is 2.45. The van der Waals surface area contributed by atoms with Crippen molar-refractivity contribution in [1.29, 1.82) is 0 Å². The summed E-state index contributed by atoms with van der Waals surface area (Å²) >= 11 is 6.16. The maximum absolute atomic E-state index is 12.9. The zero-order valence-electron chi connectivity index (χ0n) is 16.1. The average Bonchev–Trinajstić information content (AvgIpc) is 3.03. The van der Waals surface area contributed by atoms with E-state index >= 15 is 0 Å². The largest absolute Gasteiger partial charge is 0.455 e. The Labute approximate surface area is 181 Å². The average molecular weight is 438 g/mol. The van der Waals surface area contributed by atoms with E-state index in [1.807, 2.05) is 0 Å². The molecular weight excluding hydrogens is 422 g/mol. The van der Waals surface area contributed by atoms with Crippen LogP contribution >= 0.6 is 11.6 Å². The number of imide groups is 1. The van der Waals surface area contributed by atoms with Crippen molar-refractivity contribution in [3.8, 4) is 11.3 Å². The van der Waals surface area contributed by atoms with Crippen molar-refractivity contribution in [2.24, 2.45) is 34.2 Å². The van der Waals surface area contributed by atoms with Crippen molar-refractivity contribution in [3.05, 3.63) is 63.4 Å². The Morgan fingerprint density at radius 1 is 1.13 bits per heavy atom. The van der Waals surface area contributed by atoms with Crippen LogP contribution in [0.3, 0.4) is 0 Å². The molecule has 1 spiro atoms. The second kappa shape index (κ2) is 6.13. The summed E-state index contributed by atoms with van der Waals surface area (Å²) in [4.78, 5) is 36.4. The van der Waals surface area contributed by atoms with Crippen molar-refractivity contribution in [1.82, 2.24) is 5.01 Å². The number of non-ortho nitro benzene ring substituents is 1. The zero-order valence-corrected chi connectivity index (χ0v) is 16.9. The van der Waals surface area contributed by atoms with Crippen LogP contribution in [0.4, 0.5) is 5.69 Å². The molecule has 31 heavy (non-hydrogen) atoms. The van der Waals surface area contributed by atoms with Gasteiger partial charge in [0.05, 0.1) is 28.0 Å². The van der Waals surface area contributed by atoms with E-state index in [0.717, 1.165) is 17.9 Å². The second-order valence-corrected chi connectivity index (χ2v) is 8.98. The predicted octanol–water partition coefficient (Wildman–Crippen LogP) is 4.04. The van der Waals surface area contributed by atoms with Crippen LogP contribution in [0.15, 0.2) is 52.0 Å². The molecule has 1 aromatic heterocycles. The Hall–Kier alpha value is -3.26. The van der Waals surface area contributed by atoms with Crippen LogP contribution in [-0.4, -0.2) is 28.0 Å². The fourth-order valence-electron chi connectivity index (χ4n) is 5.67. The number of furan rings is 1. The Balaban J connectivity index is 1.24. The van der Waals surface area contributed by atoms with Crippen molar-refractivity contribution in [3.63, 3.8) is 0 Å². The van der Waals surface area contributed by atoms with Crippen LogP contribution in [0.25, 0.3) is 11.3 Å². The monoisotopic (exact) mass is 437 g/mol. The molecule has 9 heteroatoms. The molecule has 3 fully saturated rings. The molecule has 1 aliphatic heterocycles. The second-order valence-electron chi connectivity index (χ2n) is 8.58. The van der Waals surface area contributed by atoms with Gasteiger partial charge in [-0.25, -0.2) is 0 Å². The highest BCUT2D eigenvalue weighted by Gasteiger charge is 2.73. The quantitative estimate of drug-likeness (QED) is 0.236. The van der Waals surface area contributed by atoms with Gasteiger partial charge in [-0.05, 0) is 48.3 Å². The van der Waals surface area contributed by atoms with E-state index in [1.54, 1.807) is 12.1 Å². The van der Waals surface area contributed by atoms with Gasteiger partial charge in [-0.3, -0.25) is 19.7 Å². The van der Waals surface area contributed by atoms with E-state index in [1.165, 1.54) is 24.4 Å². The first-order valence-electron chi connectivity index (χ1n) is 10.0. The summed E-state index contributed by atoms with van der Waals surface area (Å²) in [6.45, 7) is 0. The summed E-state index contributed by atoms with van der Waals surface area (Å²) in [5.74, 6) is -0.198. The lowest BCUT2D eigenvalue weighted by atomic mass is 9.85. The first-order chi connectivity index (χ1) is 14.9. The van der Waals surface area contributed by atoms with Crippen molar-refractivity contribution >= 4 is 35.3 Å². The minimum absolute atomic E-state index is 0.109. The number of amides is 2. The van der Waals surface area contributed by atoms with E-state index in [0.29, 0.717) is 22.1 Å². The molecule has 2 bridgehead atoms. The molecule has 1 saturated heterocycles. The summed E-state index contributed by atoms with van der Waals surface area (Å²) in [7, 11) is 0. The highest BCUT2D eigenvalue weighted by Crippen LogP contribution is 2.73. The number of carbonyl (C=O) groups excluding carboxylic acids is 2. The lowest BCUT2D eigenvalue weighted by molar-refractivity contribution is -0.384. The fourth-order valence-corrected chi connectivity index (χ4v) is 5.88. The molecular formula is C22H16ClN3O5. The summed E-state index contributed by atoms with van der Waals surface area (Å²) in [6, 6.07) is 7.28. The minimum atomic E-state index is -0.514. The minimum Gasteiger partial charge on any atom is -0.455 e. The van der Waals surface area contributed by atoms with Gasteiger partial charge in [0, 0.05) is 17.7 Å². The standard InChI is InChI=1S/C22H16ClN3O5/c23-16-5-1-11(26(29)30)9-13(16)17-6-2-12(31-17)10-24-25-20(27)18-14-3-4-15(19(18)21(25)28)22(14)7-8-22/h1-6,9-10,14-15,18-19H,7-8H2/t14-,15-,18-,19+/m1/s1. The Bertz CT molecular complexity index is 1190. The molecule has 0 unspecified atom stereocenters.